The van der Waals surface area contributed by atoms with E-state index in [9.17, 15) is 4.79 Å². The minimum atomic E-state index is -0.659. The molecule has 0 unspecified atom stereocenters. The second kappa shape index (κ2) is 5.32. The van der Waals surface area contributed by atoms with Gasteiger partial charge in [0.2, 0.25) is 0 Å². The summed E-state index contributed by atoms with van der Waals surface area (Å²) in [5, 5.41) is 17.6. The molecule has 4 heteroatoms. The van der Waals surface area contributed by atoms with Crippen molar-refractivity contribution in [1.82, 2.24) is 4.90 Å². The molecule has 0 aromatic rings. The Morgan fingerprint density at radius 1 is 1.36 bits per heavy atom. The summed E-state index contributed by atoms with van der Waals surface area (Å²) in [5.74, 6) is -0.804. The van der Waals surface area contributed by atoms with E-state index in [0.717, 1.165) is 25.7 Å². The topological polar surface area (TPSA) is 60.8 Å². The van der Waals surface area contributed by atoms with Crippen molar-refractivity contribution in [3.8, 4) is 0 Å². The first-order valence-electron chi connectivity index (χ1n) is 5.19. The Labute approximate surface area is 84.5 Å². The second-order valence-corrected chi connectivity index (χ2v) is 4.05. The summed E-state index contributed by atoms with van der Waals surface area (Å²) in [7, 11) is 1.99. The van der Waals surface area contributed by atoms with E-state index in [1.165, 1.54) is 0 Å². The van der Waals surface area contributed by atoms with E-state index < -0.39 is 5.97 Å². The van der Waals surface area contributed by atoms with Crippen LogP contribution in [0.3, 0.4) is 0 Å². The Morgan fingerprint density at radius 3 is 2.36 bits per heavy atom. The molecule has 2 N–H and O–H groups in total. The maximum absolute atomic E-state index is 10.7. The monoisotopic (exact) mass is 201 g/mol. The van der Waals surface area contributed by atoms with E-state index in [1.807, 2.05) is 7.05 Å². The fourth-order valence-corrected chi connectivity index (χ4v) is 2.10. The van der Waals surface area contributed by atoms with Gasteiger partial charge in [0.05, 0.1) is 12.5 Å². The van der Waals surface area contributed by atoms with Crippen molar-refractivity contribution in [3.05, 3.63) is 0 Å². The smallest absolute Gasteiger partial charge is 0.306 e. The summed E-state index contributed by atoms with van der Waals surface area (Å²) < 4.78 is 0. The summed E-state index contributed by atoms with van der Waals surface area (Å²) in [4.78, 5) is 12.8. The van der Waals surface area contributed by atoms with E-state index >= 15 is 0 Å². The number of hydrogen-bond acceptors (Lipinski definition) is 3. The highest BCUT2D eigenvalue weighted by Crippen LogP contribution is 2.26. The Balaban J connectivity index is 2.31. The van der Waals surface area contributed by atoms with Gasteiger partial charge in [-0.15, -0.1) is 0 Å². The largest absolute Gasteiger partial charge is 0.481 e. The molecule has 0 saturated heterocycles. The minimum Gasteiger partial charge on any atom is -0.481 e. The van der Waals surface area contributed by atoms with Crippen molar-refractivity contribution in [2.24, 2.45) is 5.92 Å². The highest BCUT2D eigenvalue weighted by molar-refractivity contribution is 5.70. The summed E-state index contributed by atoms with van der Waals surface area (Å²) in [6.07, 6.45) is 3.42. The SMILES string of the molecule is CN(CCO)C1CCC(C(=O)O)CC1. The molecule has 1 saturated carbocycles. The summed E-state index contributed by atoms with van der Waals surface area (Å²) >= 11 is 0. The molecule has 0 aliphatic heterocycles. The lowest BCUT2D eigenvalue weighted by atomic mass is 9.85. The summed E-state index contributed by atoms with van der Waals surface area (Å²) in [6.45, 7) is 0.859. The molecule has 0 aromatic carbocycles. The molecular weight excluding hydrogens is 182 g/mol. The molecule has 14 heavy (non-hydrogen) atoms. The highest BCUT2D eigenvalue weighted by Gasteiger charge is 2.27. The zero-order valence-corrected chi connectivity index (χ0v) is 8.65. The highest BCUT2D eigenvalue weighted by atomic mass is 16.4. The van der Waals surface area contributed by atoms with Crippen LogP contribution in [0.2, 0.25) is 0 Å². The van der Waals surface area contributed by atoms with Crippen LogP contribution >= 0.6 is 0 Å². The van der Waals surface area contributed by atoms with Gasteiger partial charge in [0.25, 0.3) is 0 Å². The van der Waals surface area contributed by atoms with Crippen LogP contribution in [0, 0.1) is 5.92 Å². The van der Waals surface area contributed by atoms with Crippen LogP contribution in [0.4, 0.5) is 0 Å². The van der Waals surface area contributed by atoms with Gasteiger partial charge in [0.15, 0.2) is 0 Å². The number of nitrogens with zero attached hydrogens (tertiary/aromatic N) is 1. The van der Waals surface area contributed by atoms with Gasteiger partial charge in [-0.05, 0) is 32.7 Å². The van der Waals surface area contributed by atoms with Crippen molar-refractivity contribution in [2.45, 2.75) is 31.7 Å². The van der Waals surface area contributed by atoms with Gasteiger partial charge in [0, 0.05) is 12.6 Å². The van der Waals surface area contributed by atoms with Crippen molar-refractivity contribution < 1.29 is 15.0 Å². The first-order chi connectivity index (χ1) is 6.65. The second-order valence-electron chi connectivity index (χ2n) is 4.05. The molecule has 4 nitrogen and oxygen atoms in total. The van der Waals surface area contributed by atoms with Gasteiger partial charge >= 0.3 is 5.97 Å². The van der Waals surface area contributed by atoms with E-state index in [4.69, 9.17) is 10.2 Å². The summed E-state index contributed by atoms with van der Waals surface area (Å²) in [5.41, 5.74) is 0. The zero-order chi connectivity index (χ0) is 10.6. The third-order valence-corrected chi connectivity index (χ3v) is 3.12. The molecule has 0 spiro atoms. The van der Waals surface area contributed by atoms with Crippen LogP contribution in [0.1, 0.15) is 25.7 Å². The number of aliphatic hydroxyl groups excluding tert-OH is 1. The zero-order valence-electron chi connectivity index (χ0n) is 8.65. The molecular formula is C10H19NO3. The van der Waals surface area contributed by atoms with Crippen LogP contribution in [-0.2, 0) is 4.79 Å². The van der Waals surface area contributed by atoms with E-state index in [-0.39, 0.29) is 12.5 Å². The molecule has 1 fully saturated rings. The molecule has 0 heterocycles. The number of carboxylic acid groups (broad SMARTS) is 1. The average molecular weight is 201 g/mol. The fourth-order valence-electron chi connectivity index (χ4n) is 2.10. The molecule has 0 aromatic heterocycles. The number of carbonyl (C=O) groups is 1. The van der Waals surface area contributed by atoms with Gasteiger partial charge in [-0.25, -0.2) is 0 Å². The maximum Gasteiger partial charge on any atom is 0.306 e. The number of hydrogen-bond donors (Lipinski definition) is 2. The first-order valence-corrected chi connectivity index (χ1v) is 5.19. The van der Waals surface area contributed by atoms with Gasteiger partial charge in [0.1, 0.15) is 0 Å². The van der Waals surface area contributed by atoms with E-state index in [2.05, 4.69) is 4.90 Å². The molecule has 0 bridgehead atoms. The third kappa shape index (κ3) is 2.96. The van der Waals surface area contributed by atoms with Crippen LogP contribution in [0.25, 0.3) is 0 Å². The van der Waals surface area contributed by atoms with Crippen molar-refractivity contribution in [3.63, 3.8) is 0 Å². The number of likely N-dealkylation sites (N-methyl/N-ethyl adjacent to an activating group) is 1. The molecule has 1 aliphatic rings. The minimum absolute atomic E-state index is 0.145. The Kier molecular flexibility index (Phi) is 4.35. The Bertz CT molecular complexity index is 188. The molecule has 0 atom stereocenters. The Morgan fingerprint density at radius 2 is 1.93 bits per heavy atom. The molecule has 0 amide bonds. The number of aliphatic hydroxyl groups is 1. The molecule has 0 radical (unpaired) electrons. The normalized spacial score (nSPS) is 27.9. The Hall–Kier alpha value is -0.610. The van der Waals surface area contributed by atoms with Gasteiger partial charge in [-0.3, -0.25) is 4.79 Å². The maximum atomic E-state index is 10.7. The molecule has 1 rings (SSSR count). The number of carboxylic acids is 1. The van der Waals surface area contributed by atoms with Crippen LogP contribution < -0.4 is 0 Å². The van der Waals surface area contributed by atoms with E-state index in [1.54, 1.807) is 0 Å². The standard InChI is InChI=1S/C10H19NO3/c1-11(6-7-12)9-4-2-8(3-5-9)10(13)14/h8-9,12H,2-7H2,1H3,(H,13,14). The number of rotatable bonds is 4. The van der Waals surface area contributed by atoms with Crippen molar-refractivity contribution in [1.29, 1.82) is 0 Å². The van der Waals surface area contributed by atoms with Gasteiger partial charge < -0.3 is 15.1 Å². The number of aliphatic carboxylic acids is 1. The van der Waals surface area contributed by atoms with Crippen molar-refractivity contribution >= 4 is 5.97 Å². The van der Waals surface area contributed by atoms with Gasteiger partial charge in [-0.1, -0.05) is 0 Å². The van der Waals surface area contributed by atoms with Crippen LogP contribution in [-0.4, -0.2) is 47.3 Å². The quantitative estimate of drug-likeness (QED) is 0.697. The van der Waals surface area contributed by atoms with Crippen molar-refractivity contribution in [2.75, 3.05) is 20.2 Å². The molecule has 1 aliphatic carbocycles. The predicted molar refractivity (Wildman–Crippen MR) is 53.1 cm³/mol. The summed E-state index contributed by atoms with van der Waals surface area (Å²) in [6, 6.07) is 0.456. The predicted octanol–water partition coefficient (Wildman–Crippen LogP) is 0.554. The van der Waals surface area contributed by atoms with Crippen LogP contribution in [0.5, 0.6) is 0 Å². The molecule has 82 valence electrons. The first kappa shape index (κ1) is 11.5. The third-order valence-electron chi connectivity index (χ3n) is 3.12. The van der Waals surface area contributed by atoms with Gasteiger partial charge in [-0.2, -0.15) is 0 Å². The van der Waals surface area contributed by atoms with Crippen LogP contribution in [0.15, 0.2) is 0 Å². The van der Waals surface area contributed by atoms with E-state index in [0.29, 0.717) is 12.6 Å². The average Bonchev–Trinajstić information content (AvgIpc) is 2.18. The lowest BCUT2D eigenvalue weighted by Gasteiger charge is -2.32. The fraction of sp³-hybridized carbons (Fsp3) is 0.900. The lowest BCUT2D eigenvalue weighted by Crippen LogP contribution is -2.38. The lowest BCUT2D eigenvalue weighted by molar-refractivity contribution is -0.143.